The van der Waals surface area contributed by atoms with E-state index >= 15 is 0 Å². The topological polar surface area (TPSA) is 83.7 Å². The first-order valence-corrected chi connectivity index (χ1v) is 9.00. The van der Waals surface area contributed by atoms with Gasteiger partial charge in [0.2, 0.25) is 11.7 Å². The summed E-state index contributed by atoms with van der Waals surface area (Å²) in [5.41, 5.74) is 0.852. The number of piperazine rings is 1. The van der Waals surface area contributed by atoms with Crippen molar-refractivity contribution >= 4 is 11.9 Å². The van der Waals surface area contributed by atoms with Gasteiger partial charge in [-0.3, -0.25) is 4.79 Å². The van der Waals surface area contributed by atoms with Crippen molar-refractivity contribution in [2.45, 2.75) is 18.9 Å². The number of nitrogens with zero attached hydrogens (tertiary/aromatic N) is 4. The fraction of sp³-hybridized carbons (Fsp3) is 0.500. The van der Waals surface area contributed by atoms with E-state index in [2.05, 4.69) is 15.5 Å². The largest absolute Gasteiger partial charge is 0.497 e. The second-order valence-corrected chi connectivity index (χ2v) is 6.56. The Balaban J connectivity index is 1.51. The van der Waals surface area contributed by atoms with Gasteiger partial charge in [-0.2, -0.15) is 4.98 Å². The maximum atomic E-state index is 12.9. The third kappa shape index (κ3) is 3.24. The van der Waals surface area contributed by atoms with Crippen LogP contribution in [-0.2, 0) is 4.79 Å². The van der Waals surface area contributed by atoms with Gasteiger partial charge in [0.25, 0.3) is 0 Å². The Morgan fingerprint density at radius 1 is 1.23 bits per heavy atom. The van der Waals surface area contributed by atoms with Crippen LogP contribution in [0.5, 0.6) is 5.75 Å². The van der Waals surface area contributed by atoms with Crippen molar-refractivity contribution in [1.29, 1.82) is 0 Å². The lowest BCUT2D eigenvalue weighted by Crippen LogP contribution is -2.52. The Kier molecular flexibility index (Phi) is 4.75. The molecule has 0 radical (unpaired) electrons. The highest BCUT2D eigenvalue weighted by Crippen LogP contribution is 2.28. The second kappa shape index (κ2) is 7.33. The summed E-state index contributed by atoms with van der Waals surface area (Å²) in [7, 11) is 1.63. The van der Waals surface area contributed by atoms with Gasteiger partial charge in [-0.1, -0.05) is 5.16 Å². The number of nitrogens with one attached hydrogen (secondary N) is 1. The van der Waals surface area contributed by atoms with Crippen LogP contribution in [0.2, 0.25) is 0 Å². The molecule has 138 valence electrons. The molecule has 2 saturated heterocycles. The SMILES string of the molecule is COc1ccc(-c2noc(N3CCC[C@H]3C(=O)N3CCNCC3)n2)cc1. The zero-order valence-corrected chi connectivity index (χ0v) is 14.9. The van der Waals surface area contributed by atoms with Crippen molar-refractivity contribution < 1.29 is 14.1 Å². The van der Waals surface area contributed by atoms with E-state index in [1.807, 2.05) is 34.1 Å². The average Bonchev–Trinajstić information content (AvgIpc) is 3.37. The Hall–Kier alpha value is -2.61. The molecule has 2 fully saturated rings. The number of hydrogen-bond acceptors (Lipinski definition) is 7. The molecule has 8 heteroatoms. The van der Waals surface area contributed by atoms with E-state index in [9.17, 15) is 4.79 Å². The predicted molar refractivity (Wildman–Crippen MR) is 96.1 cm³/mol. The van der Waals surface area contributed by atoms with Crippen LogP contribution in [0.25, 0.3) is 11.4 Å². The lowest BCUT2D eigenvalue weighted by molar-refractivity contribution is -0.133. The van der Waals surface area contributed by atoms with Crippen LogP contribution in [0.4, 0.5) is 6.01 Å². The van der Waals surface area contributed by atoms with Crippen LogP contribution in [0.15, 0.2) is 28.8 Å². The fourth-order valence-corrected chi connectivity index (χ4v) is 3.54. The fourth-order valence-electron chi connectivity index (χ4n) is 3.54. The van der Waals surface area contributed by atoms with Gasteiger partial charge < -0.3 is 24.4 Å². The highest BCUT2D eigenvalue weighted by atomic mass is 16.5. The molecular weight excluding hydrogens is 334 g/mol. The highest BCUT2D eigenvalue weighted by molar-refractivity contribution is 5.85. The van der Waals surface area contributed by atoms with Crippen molar-refractivity contribution in [3.8, 4) is 17.1 Å². The lowest BCUT2D eigenvalue weighted by atomic mass is 10.2. The quantitative estimate of drug-likeness (QED) is 0.878. The molecular formula is C18H23N5O3. The van der Waals surface area contributed by atoms with E-state index in [-0.39, 0.29) is 11.9 Å². The first-order valence-electron chi connectivity index (χ1n) is 9.00. The standard InChI is InChI=1S/C18H23N5O3/c1-25-14-6-4-13(5-7-14)16-20-18(26-21-16)23-10-2-3-15(23)17(24)22-11-8-19-9-12-22/h4-7,15,19H,2-3,8-12H2,1H3/t15-/m0/s1. The van der Waals surface area contributed by atoms with Crippen molar-refractivity contribution in [3.05, 3.63) is 24.3 Å². The molecule has 0 saturated carbocycles. The molecule has 8 nitrogen and oxygen atoms in total. The van der Waals surface area contributed by atoms with Gasteiger partial charge in [0.15, 0.2) is 0 Å². The summed E-state index contributed by atoms with van der Waals surface area (Å²) < 4.78 is 10.6. The van der Waals surface area contributed by atoms with Gasteiger partial charge in [0.1, 0.15) is 11.8 Å². The predicted octanol–water partition coefficient (Wildman–Crippen LogP) is 1.15. The van der Waals surface area contributed by atoms with Gasteiger partial charge in [-0.25, -0.2) is 0 Å². The third-order valence-corrected chi connectivity index (χ3v) is 4.98. The van der Waals surface area contributed by atoms with Crippen molar-refractivity contribution in [2.24, 2.45) is 0 Å². The summed E-state index contributed by atoms with van der Waals surface area (Å²) in [5, 5.41) is 7.36. The summed E-state index contributed by atoms with van der Waals surface area (Å²) in [6.45, 7) is 3.96. The number of hydrogen-bond donors (Lipinski definition) is 1. The lowest BCUT2D eigenvalue weighted by Gasteiger charge is -2.32. The van der Waals surface area contributed by atoms with Crippen molar-refractivity contribution in [3.63, 3.8) is 0 Å². The van der Waals surface area contributed by atoms with E-state index in [1.54, 1.807) is 7.11 Å². The van der Waals surface area contributed by atoms with Crippen LogP contribution in [0.3, 0.4) is 0 Å². The van der Waals surface area contributed by atoms with Crippen LogP contribution in [0.1, 0.15) is 12.8 Å². The van der Waals surface area contributed by atoms with Gasteiger partial charge in [0.05, 0.1) is 7.11 Å². The minimum Gasteiger partial charge on any atom is -0.497 e. The molecule has 3 heterocycles. The molecule has 0 unspecified atom stereocenters. The van der Waals surface area contributed by atoms with Crippen LogP contribution >= 0.6 is 0 Å². The maximum absolute atomic E-state index is 12.9. The van der Waals surface area contributed by atoms with Gasteiger partial charge in [-0.15, -0.1) is 0 Å². The monoisotopic (exact) mass is 357 g/mol. The van der Waals surface area contributed by atoms with E-state index in [4.69, 9.17) is 9.26 Å². The molecule has 2 aromatic rings. The molecule has 1 aromatic carbocycles. The van der Waals surface area contributed by atoms with Gasteiger partial charge in [0, 0.05) is 38.3 Å². The number of aromatic nitrogens is 2. The molecule has 2 aliphatic rings. The average molecular weight is 357 g/mol. The number of benzene rings is 1. The zero-order chi connectivity index (χ0) is 17.9. The number of amides is 1. The van der Waals surface area contributed by atoms with Gasteiger partial charge >= 0.3 is 6.01 Å². The van der Waals surface area contributed by atoms with E-state index in [1.165, 1.54) is 0 Å². The summed E-state index contributed by atoms with van der Waals surface area (Å²) in [5.74, 6) is 1.45. The minimum absolute atomic E-state index is 0.160. The molecule has 26 heavy (non-hydrogen) atoms. The summed E-state index contributed by atoms with van der Waals surface area (Å²) in [6, 6.07) is 7.71. The molecule has 4 rings (SSSR count). The number of carbonyl (C=O) groups excluding carboxylic acids is 1. The molecule has 1 atom stereocenters. The Morgan fingerprint density at radius 3 is 2.73 bits per heavy atom. The Morgan fingerprint density at radius 2 is 2.00 bits per heavy atom. The molecule has 1 amide bonds. The van der Waals surface area contributed by atoms with Gasteiger partial charge in [-0.05, 0) is 37.1 Å². The van der Waals surface area contributed by atoms with Crippen molar-refractivity contribution in [2.75, 3.05) is 44.7 Å². The molecule has 1 aromatic heterocycles. The minimum atomic E-state index is -0.211. The van der Waals surface area contributed by atoms with Crippen LogP contribution < -0.4 is 15.0 Å². The van der Waals surface area contributed by atoms with Crippen LogP contribution in [-0.4, -0.2) is 66.8 Å². The normalized spacial score (nSPS) is 20.4. The first-order chi connectivity index (χ1) is 12.8. The Labute approximate surface area is 152 Å². The maximum Gasteiger partial charge on any atom is 0.325 e. The Bertz CT molecular complexity index is 754. The molecule has 2 aliphatic heterocycles. The van der Waals surface area contributed by atoms with E-state index in [0.29, 0.717) is 11.8 Å². The highest BCUT2D eigenvalue weighted by Gasteiger charge is 2.36. The number of anilines is 1. The molecule has 0 aliphatic carbocycles. The van der Waals surface area contributed by atoms with E-state index in [0.717, 1.165) is 56.9 Å². The summed E-state index contributed by atoms with van der Waals surface area (Å²) in [4.78, 5) is 21.3. The summed E-state index contributed by atoms with van der Waals surface area (Å²) >= 11 is 0. The molecule has 0 bridgehead atoms. The number of methoxy groups -OCH3 is 1. The number of carbonyl (C=O) groups is 1. The smallest absolute Gasteiger partial charge is 0.325 e. The summed E-state index contributed by atoms with van der Waals surface area (Å²) in [6.07, 6.45) is 1.77. The molecule has 1 N–H and O–H groups in total. The second-order valence-electron chi connectivity index (χ2n) is 6.56. The third-order valence-electron chi connectivity index (χ3n) is 4.98. The first kappa shape index (κ1) is 16.8. The number of ether oxygens (including phenoxy) is 1. The number of rotatable bonds is 4. The van der Waals surface area contributed by atoms with Crippen molar-refractivity contribution in [1.82, 2.24) is 20.4 Å². The molecule has 0 spiro atoms. The zero-order valence-electron chi connectivity index (χ0n) is 14.9. The van der Waals surface area contributed by atoms with E-state index < -0.39 is 0 Å². The van der Waals surface area contributed by atoms with Crippen LogP contribution in [0, 0.1) is 0 Å².